The smallest absolute Gasteiger partial charge is 0.260 e. The lowest BCUT2D eigenvalue weighted by Crippen LogP contribution is -2.40. The van der Waals surface area contributed by atoms with E-state index in [1.165, 1.54) is 11.5 Å². The Hall–Kier alpha value is -2.94. The van der Waals surface area contributed by atoms with E-state index in [0.717, 1.165) is 29.1 Å². The number of benzene rings is 1. The summed E-state index contributed by atoms with van der Waals surface area (Å²) in [5.74, 6) is 2.10. The number of aryl methyl sites for hydroxylation is 1. The molecule has 0 N–H and O–H groups in total. The predicted octanol–water partition coefficient (Wildman–Crippen LogP) is 3.30. The molecule has 152 valence electrons. The van der Waals surface area contributed by atoms with Gasteiger partial charge in [-0.1, -0.05) is 21.8 Å². The number of methoxy groups -OCH3 is 1. The molecular formula is C20H22N4O4S. The van der Waals surface area contributed by atoms with Crippen molar-refractivity contribution in [1.82, 2.24) is 19.6 Å². The van der Waals surface area contributed by atoms with Crippen LogP contribution in [0.2, 0.25) is 0 Å². The Kier molecular flexibility index (Phi) is 5.75. The van der Waals surface area contributed by atoms with Crippen LogP contribution in [0.3, 0.4) is 0 Å². The number of likely N-dealkylation sites (tertiary alicyclic amines) is 1. The largest absolute Gasteiger partial charge is 0.493 e. The molecule has 8 nitrogen and oxygen atoms in total. The Morgan fingerprint density at radius 2 is 2.03 bits per heavy atom. The molecule has 0 bridgehead atoms. The predicted molar refractivity (Wildman–Crippen MR) is 107 cm³/mol. The minimum atomic E-state index is -0.0307. The second-order valence-electron chi connectivity index (χ2n) is 6.91. The zero-order valence-electron chi connectivity index (χ0n) is 16.3. The second kappa shape index (κ2) is 8.60. The minimum Gasteiger partial charge on any atom is -0.493 e. The maximum absolute atomic E-state index is 12.6. The molecule has 0 atom stereocenters. The van der Waals surface area contributed by atoms with Crippen molar-refractivity contribution in [2.24, 2.45) is 0 Å². The van der Waals surface area contributed by atoms with Crippen LogP contribution in [0.5, 0.6) is 11.5 Å². The van der Waals surface area contributed by atoms with Gasteiger partial charge < -0.3 is 18.9 Å². The standard InChI is InChI=1S/C20H22N4O4S/c1-13-11-17(28-22-13)20-19(21-23-29-20)14-7-9-24(10-8-14)18(25)12-27-16-6-4-3-5-15(16)26-2/h3-6,11,14H,7-10,12H2,1-2H3. The summed E-state index contributed by atoms with van der Waals surface area (Å²) < 4.78 is 20.4. The normalized spacial score (nSPS) is 14.8. The lowest BCUT2D eigenvalue weighted by Gasteiger charge is -2.31. The summed E-state index contributed by atoms with van der Waals surface area (Å²) in [6.07, 6.45) is 1.65. The molecule has 1 aliphatic rings. The third-order valence-corrected chi connectivity index (χ3v) is 5.78. The highest BCUT2D eigenvalue weighted by molar-refractivity contribution is 7.09. The molecule has 2 aromatic heterocycles. The number of aromatic nitrogens is 3. The summed E-state index contributed by atoms with van der Waals surface area (Å²) in [6.45, 7) is 3.20. The highest BCUT2D eigenvalue weighted by Gasteiger charge is 2.29. The Balaban J connectivity index is 1.34. The van der Waals surface area contributed by atoms with Gasteiger partial charge in [-0.05, 0) is 43.4 Å². The number of hydrogen-bond donors (Lipinski definition) is 0. The molecule has 9 heteroatoms. The first-order valence-corrected chi connectivity index (χ1v) is 10.2. The summed E-state index contributed by atoms with van der Waals surface area (Å²) in [5.41, 5.74) is 1.76. The Morgan fingerprint density at radius 1 is 1.28 bits per heavy atom. The molecule has 1 fully saturated rings. The quantitative estimate of drug-likeness (QED) is 0.611. The molecule has 0 spiro atoms. The maximum atomic E-state index is 12.6. The van der Waals surface area contributed by atoms with Crippen LogP contribution in [-0.4, -0.2) is 52.4 Å². The van der Waals surface area contributed by atoms with Gasteiger partial charge in [0.2, 0.25) is 0 Å². The van der Waals surface area contributed by atoms with Crippen LogP contribution in [0.1, 0.15) is 30.1 Å². The lowest BCUT2D eigenvalue weighted by molar-refractivity contribution is -0.134. The van der Waals surface area contributed by atoms with Gasteiger partial charge in [0, 0.05) is 25.1 Å². The molecule has 1 aromatic carbocycles. The van der Waals surface area contributed by atoms with E-state index in [1.807, 2.05) is 30.0 Å². The fourth-order valence-corrected chi connectivity index (χ4v) is 4.18. The third-order valence-electron chi connectivity index (χ3n) is 5.02. The average Bonchev–Trinajstić information content (AvgIpc) is 3.41. The zero-order chi connectivity index (χ0) is 20.2. The second-order valence-corrected chi connectivity index (χ2v) is 7.67. The van der Waals surface area contributed by atoms with Gasteiger partial charge in [-0.2, -0.15) is 0 Å². The summed E-state index contributed by atoms with van der Waals surface area (Å²) in [6, 6.07) is 9.21. The van der Waals surface area contributed by atoms with Crippen molar-refractivity contribution < 1.29 is 18.8 Å². The Morgan fingerprint density at radius 3 is 2.72 bits per heavy atom. The van der Waals surface area contributed by atoms with Gasteiger partial charge >= 0.3 is 0 Å². The first-order chi connectivity index (χ1) is 14.2. The van der Waals surface area contributed by atoms with E-state index in [9.17, 15) is 4.79 Å². The number of carbonyl (C=O) groups excluding carboxylic acids is 1. The molecule has 4 rings (SSSR count). The molecule has 1 amide bonds. The van der Waals surface area contributed by atoms with Gasteiger partial charge in [0.1, 0.15) is 4.88 Å². The number of ether oxygens (including phenoxy) is 2. The van der Waals surface area contributed by atoms with Crippen LogP contribution in [0.15, 0.2) is 34.9 Å². The lowest BCUT2D eigenvalue weighted by atomic mass is 9.92. The van der Waals surface area contributed by atoms with Crippen LogP contribution in [-0.2, 0) is 4.79 Å². The zero-order valence-corrected chi connectivity index (χ0v) is 17.1. The van der Waals surface area contributed by atoms with Crippen molar-refractivity contribution in [2.75, 3.05) is 26.8 Å². The van der Waals surface area contributed by atoms with E-state index in [0.29, 0.717) is 30.3 Å². The Labute approximate surface area is 172 Å². The molecular weight excluding hydrogens is 392 g/mol. The number of nitrogens with zero attached hydrogens (tertiary/aromatic N) is 4. The minimum absolute atomic E-state index is 0.00805. The third kappa shape index (κ3) is 4.24. The van der Waals surface area contributed by atoms with E-state index >= 15 is 0 Å². The fourth-order valence-electron chi connectivity index (χ4n) is 3.48. The highest BCUT2D eigenvalue weighted by atomic mass is 32.1. The number of carbonyl (C=O) groups is 1. The molecule has 1 aliphatic heterocycles. The summed E-state index contributed by atoms with van der Waals surface area (Å²) >= 11 is 1.32. The van der Waals surface area contributed by atoms with Crippen LogP contribution >= 0.6 is 11.5 Å². The van der Waals surface area contributed by atoms with Crippen LogP contribution in [0, 0.1) is 6.92 Å². The molecule has 0 aliphatic carbocycles. The van der Waals surface area contributed by atoms with Crippen molar-refractivity contribution in [3.8, 4) is 22.1 Å². The average molecular weight is 414 g/mol. The first-order valence-electron chi connectivity index (χ1n) is 9.45. The molecule has 0 saturated carbocycles. The number of amides is 1. The highest BCUT2D eigenvalue weighted by Crippen LogP contribution is 2.36. The van der Waals surface area contributed by atoms with Gasteiger partial charge in [-0.3, -0.25) is 4.79 Å². The van der Waals surface area contributed by atoms with E-state index in [1.54, 1.807) is 19.2 Å². The van der Waals surface area contributed by atoms with Crippen molar-refractivity contribution in [3.63, 3.8) is 0 Å². The van der Waals surface area contributed by atoms with Crippen molar-refractivity contribution >= 4 is 17.4 Å². The number of hydrogen-bond acceptors (Lipinski definition) is 8. The van der Waals surface area contributed by atoms with Gasteiger partial charge in [-0.15, -0.1) is 5.10 Å². The molecule has 0 radical (unpaired) electrons. The van der Waals surface area contributed by atoms with Crippen molar-refractivity contribution in [3.05, 3.63) is 41.7 Å². The molecule has 3 aromatic rings. The fraction of sp³-hybridized carbons (Fsp3) is 0.400. The molecule has 1 saturated heterocycles. The van der Waals surface area contributed by atoms with Gasteiger partial charge in [0.25, 0.3) is 5.91 Å². The monoisotopic (exact) mass is 414 g/mol. The van der Waals surface area contributed by atoms with Crippen molar-refractivity contribution in [1.29, 1.82) is 0 Å². The Bertz CT molecular complexity index is 978. The van der Waals surface area contributed by atoms with Gasteiger partial charge in [0.15, 0.2) is 23.9 Å². The number of rotatable bonds is 6. The summed E-state index contributed by atoms with van der Waals surface area (Å²) in [4.78, 5) is 15.3. The van der Waals surface area contributed by atoms with Gasteiger partial charge in [0.05, 0.1) is 18.5 Å². The first kappa shape index (κ1) is 19.4. The summed E-state index contributed by atoms with van der Waals surface area (Å²) in [7, 11) is 1.58. The summed E-state index contributed by atoms with van der Waals surface area (Å²) in [5, 5.41) is 8.28. The molecule has 29 heavy (non-hydrogen) atoms. The van der Waals surface area contributed by atoms with E-state index in [4.69, 9.17) is 14.0 Å². The molecule has 3 heterocycles. The van der Waals surface area contributed by atoms with Crippen LogP contribution < -0.4 is 9.47 Å². The van der Waals surface area contributed by atoms with Crippen LogP contribution in [0.25, 0.3) is 10.6 Å². The topological polar surface area (TPSA) is 90.6 Å². The molecule has 0 unspecified atom stereocenters. The maximum Gasteiger partial charge on any atom is 0.260 e. The SMILES string of the molecule is COc1ccccc1OCC(=O)N1CCC(c2nnsc2-c2cc(C)no2)CC1. The number of para-hydroxylation sites is 2. The van der Waals surface area contributed by atoms with Crippen LogP contribution in [0.4, 0.5) is 0 Å². The van der Waals surface area contributed by atoms with Gasteiger partial charge in [-0.25, -0.2) is 0 Å². The van der Waals surface area contributed by atoms with E-state index in [2.05, 4.69) is 14.7 Å². The van der Waals surface area contributed by atoms with E-state index < -0.39 is 0 Å². The van der Waals surface area contributed by atoms with Crippen molar-refractivity contribution in [2.45, 2.75) is 25.7 Å². The van der Waals surface area contributed by atoms with E-state index in [-0.39, 0.29) is 18.4 Å². The number of piperidine rings is 1.